The number of aryl methyl sites for hydroxylation is 1. The van der Waals surface area contributed by atoms with Crippen molar-refractivity contribution in [1.29, 1.82) is 0 Å². The fourth-order valence-electron chi connectivity index (χ4n) is 0.780. The second-order valence-electron chi connectivity index (χ2n) is 2.42. The molecule has 0 saturated carbocycles. The average Bonchev–Trinajstić information content (AvgIpc) is 2.15. The van der Waals surface area contributed by atoms with Gasteiger partial charge in [-0.15, -0.1) is 10.2 Å². The van der Waals surface area contributed by atoms with Crippen molar-refractivity contribution in [3.8, 4) is 0 Å². The molecule has 1 rings (SSSR count). The molecule has 13 heavy (non-hydrogen) atoms. The molecule has 1 aromatic carbocycles. The van der Waals surface area contributed by atoms with Gasteiger partial charge in [-0.05, 0) is 19.1 Å². The smallest absolute Gasteiger partial charge is 0.252 e. The first-order valence-electron chi connectivity index (χ1n) is 3.76. The van der Waals surface area contributed by atoms with Crippen LogP contribution in [0.15, 0.2) is 39.5 Å². The second kappa shape index (κ2) is 4.92. The van der Waals surface area contributed by atoms with Crippen molar-refractivity contribution in [3.63, 3.8) is 0 Å². The third kappa shape index (κ3) is 3.37. The number of benzene rings is 1. The molecule has 0 bridgehead atoms. The zero-order valence-electron chi connectivity index (χ0n) is 7.21. The number of nitrogens with zero attached hydrogens (tertiary/aromatic N) is 3. The van der Waals surface area contributed by atoms with Crippen LogP contribution in [0.4, 0.5) is 5.69 Å². The molecule has 1 amide bonds. The second-order valence-corrected chi connectivity index (χ2v) is 2.42. The van der Waals surface area contributed by atoms with Crippen LogP contribution in [0.3, 0.4) is 0 Å². The van der Waals surface area contributed by atoms with E-state index in [9.17, 15) is 4.79 Å². The number of amides is 1. The van der Waals surface area contributed by atoms with Crippen LogP contribution in [0.25, 0.3) is 0 Å². The van der Waals surface area contributed by atoms with Crippen molar-refractivity contribution in [3.05, 3.63) is 29.8 Å². The quantitative estimate of drug-likeness (QED) is 0.301. The molecule has 4 nitrogen and oxygen atoms in total. The van der Waals surface area contributed by atoms with Crippen LogP contribution in [0, 0.1) is 6.92 Å². The molecular weight excluding hydrogens is 166 g/mol. The van der Waals surface area contributed by atoms with Gasteiger partial charge in [-0.1, -0.05) is 17.7 Å². The fraction of sp³-hybridized carbons (Fsp3) is 0.111. The number of hydrogen-bond acceptors (Lipinski definition) is 2. The number of azo groups is 1. The summed E-state index contributed by atoms with van der Waals surface area (Å²) in [6, 6.07) is 7.62. The summed E-state index contributed by atoms with van der Waals surface area (Å²) in [4.78, 5) is 13.7. The van der Waals surface area contributed by atoms with E-state index < -0.39 is 0 Å². The highest BCUT2D eigenvalue weighted by Gasteiger charge is 1.85. The number of rotatable bonds is 3. The molecule has 0 N–H and O–H groups in total. The Kier molecular flexibility index (Phi) is 3.50. The van der Waals surface area contributed by atoms with E-state index in [4.69, 9.17) is 0 Å². The lowest BCUT2D eigenvalue weighted by Gasteiger charge is -1.91. The van der Waals surface area contributed by atoms with Gasteiger partial charge in [0.25, 0.3) is 6.41 Å². The molecule has 0 fully saturated rings. The molecular formula is C9H9N3O. The van der Waals surface area contributed by atoms with Crippen molar-refractivity contribution in [2.24, 2.45) is 15.2 Å². The first-order chi connectivity index (χ1) is 6.33. The lowest BCUT2D eigenvalue weighted by molar-refractivity contribution is -0.107. The van der Waals surface area contributed by atoms with Crippen LogP contribution < -0.4 is 0 Å². The predicted octanol–water partition coefficient (Wildman–Crippen LogP) is 2.26. The SMILES string of the molecule is Cc1ccc(N=CN=NC=O)cc1. The van der Waals surface area contributed by atoms with Gasteiger partial charge in [-0.25, -0.2) is 4.99 Å². The van der Waals surface area contributed by atoms with E-state index in [0.29, 0.717) is 6.41 Å². The summed E-state index contributed by atoms with van der Waals surface area (Å²) >= 11 is 0. The van der Waals surface area contributed by atoms with E-state index in [-0.39, 0.29) is 0 Å². The molecule has 0 aliphatic heterocycles. The number of carbonyl (C=O) groups is 1. The van der Waals surface area contributed by atoms with E-state index >= 15 is 0 Å². The van der Waals surface area contributed by atoms with Crippen molar-refractivity contribution in [1.82, 2.24) is 0 Å². The van der Waals surface area contributed by atoms with Crippen LogP contribution in [-0.2, 0) is 4.79 Å². The van der Waals surface area contributed by atoms with Crippen molar-refractivity contribution in [2.45, 2.75) is 6.92 Å². The van der Waals surface area contributed by atoms with Crippen LogP contribution in [-0.4, -0.2) is 12.7 Å². The summed E-state index contributed by atoms with van der Waals surface area (Å²) < 4.78 is 0. The first-order valence-corrected chi connectivity index (χ1v) is 3.76. The van der Waals surface area contributed by atoms with Gasteiger partial charge in [0.2, 0.25) is 0 Å². The maximum Gasteiger partial charge on any atom is 0.252 e. The zero-order valence-corrected chi connectivity index (χ0v) is 7.21. The Morgan fingerprint density at radius 3 is 2.46 bits per heavy atom. The molecule has 0 saturated heterocycles. The molecule has 0 aromatic heterocycles. The molecule has 0 spiro atoms. The highest BCUT2D eigenvalue weighted by atomic mass is 16.1. The minimum Gasteiger partial charge on any atom is -0.275 e. The van der Waals surface area contributed by atoms with E-state index in [1.807, 2.05) is 31.2 Å². The van der Waals surface area contributed by atoms with E-state index in [1.54, 1.807) is 0 Å². The maximum atomic E-state index is 9.74. The van der Waals surface area contributed by atoms with Gasteiger partial charge in [-0.2, -0.15) is 0 Å². The lowest BCUT2D eigenvalue weighted by Crippen LogP contribution is -1.70. The van der Waals surface area contributed by atoms with Gasteiger partial charge in [0.05, 0.1) is 5.69 Å². The van der Waals surface area contributed by atoms with Gasteiger partial charge >= 0.3 is 0 Å². The normalized spacial score (nSPS) is 11.2. The molecule has 0 aliphatic carbocycles. The number of carbonyl (C=O) groups excluding carboxylic acids is 1. The van der Waals surface area contributed by atoms with Crippen LogP contribution in [0.5, 0.6) is 0 Å². The fourth-order valence-corrected chi connectivity index (χ4v) is 0.780. The third-order valence-electron chi connectivity index (χ3n) is 1.41. The van der Waals surface area contributed by atoms with Gasteiger partial charge in [0.15, 0.2) is 0 Å². The van der Waals surface area contributed by atoms with Crippen molar-refractivity contribution in [2.75, 3.05) is 0 Å². The topological polar surface area (TPSA) is 54.1 Å². The van der Waals surface area contributed by atoms with Crippen LogP contribution in [0.1, 0.15) is 5.56 Å². The minimum absolute atomic E-state index is 0.362. The highest BCUT2D eigenvalue weighted by molar-refractivity contribution is 5.62. The summed E-state index contributed by atoms with van der Waals surface area (Å²) in [6.07, 6.45) is 1.60. The number of aliphatic imine (C=N–C) groups is 1. The molecule has 0 heterocycles. The van der Waals surface area contributed by atoms with Crippen LogP contribution >= 0.6 is 0 Å². The molecule has 66 valence electrons. The molecule has 0 radical (unpaired) electrons. The van der Waals surface area contributed by atoms with Gasteiger partial charge in [0, 0.05) is 0 Å². The minimum atomic E-state index is 0.362. The molecule has 0 unspecified atom stereocenters. The van der Waals surface area contributed by atoms with E-state index in [0.717, 1.165) is 5.69 Å². The largest absolute Gasteiger partial charge is 0.275 e. The van der Waals surface area contributed by atoms with Gasteiger partial charge in [0.1, 0.15) is 6.34 Å². The van der Waals surface area contributed by atoms with Crippen molar-refractivity contribution >= 4 is 18.4 Å². The lowest BCUT2D eigenvalue weighted by atomic mass is 10.2. The molecule has 0 aliphatic rings. The first kappa shape index (κ1) is 9.25. The summed E-state index contributed by atoms with van der Waals surface area (Å²) in [5, 5.41) is 6.47. The Morgan fingerprint density at radius 2 is 1.85 bits per heavy atom. The van der Waals surface area contributed by atoms with Crippen LogP contribution in [0.2, 0.25) is 0 Å². The van der Waals surface area contributed by atoms with Gasteiger partial charge < -0.3 is 0 Å². The van der Waals surface area contributed by atoms with E-state index in [1.165, 1.54) is 11.9 Å². The molecule has 1 aromatic rings. The Hall–Kier alpha value is -1.84. The monoisotopic (exact) mass is 175 g/mol. The highest BCUT2D eigenvalue weighted by Crippen LogP contribution is 2.11. The zero-order chi connectivity index (χ0) is 9.52. The van der Waals surface area contributed by atoms with E-state index in [2.05, 4.69) is 15.2 Å². The summed E-state index contributed by atoms with van der Waals surface area (Å²) in [5.41, 5.74) is 1.96. The Labute approximate surface area is 76.0 Å². The summed E-state index contributed by atoms with van der Waals surface area (Å²) in [6.45, 7) is 2.00. The standard InChI is InChI=1S/C9H9N3O/c1-8-2-4-9(5-3-8)10-6-11-12-7-13/h2-7H,1H3. The predicted molar refractivity (Wildman–Crippen MR) is 50.3 cm³/mol. The number of hydrogen-bond donors (Lipinski definition) is 0. The van der Waals surface area contributed by atoms with Crippen molar-refractivity contribution < 1.29 is 4.79 Å². The summed E-state index contributed by atoms with van der Waals surface area (Å²) in [5.74, 6) is 0. The third-order valence-corrected chi connectivity index (χ3v) is 1.41. The Morgan fingerprint density at radius 1 is 1.15 bits per heavy atom. The summed E-state index contributed by atoms with van der Waals surface area (Å²) in [7, 11) is 0. The van der Waals surface area contributed by atoms with Gasteiger partial charge in [-0.3, -0.25) is 4.79 Å². The Balaban J connectivity index is 2.64. The Bertz CT molecular complexity index is 327. The molecule has 4 heteroatoms. The maximum absolute atomic E-state index is 9.74. The molecule has 0 atom stereocenters. The average molecular weight is 175 g/mol.